The molecule has 0 atom stereocenters. The Balaban J connectivity index is 5.04. The predicted octanol–water partition coefficient (Wildman–Crippen LogP) is -7.34. The maximum Gasteiger partial charge on any atom is 0.239 e. The molecule has 10 nitrogen and oxygen atoms in total. The molecule has 3 amide bonds. The molecule has 0 aliphatic rings. The summed E-state index contributed by atoms with van der Waals surface area (Å²) >= 11 is 0. The van der Waals surface area contributed by atoms with Gasteiger partial charge in [-0.25, -0.2) is 0 Å². The molecule has 0 bridgehead atoms. The van der Waals surface area contributed by atoms with Crippen LogP contribution in [0.5, 0.6) is 0 Å². The van der Waals surface area contributed by atoms with Crippen LogP contribution in [0, 0.1) is 10.8 Å². The number of amides is 3. The Morgan fingerprint density at radius 1 is 0.864 bits per heavy atom. The third-order valence-electron chi connectivity index (χ3n) is 4.18. The predicted molar refractivity (Wildman–Crippen MR) is 76.8 cm³/mol. The molecule has 0 fully saturated rings. The molecule has 0 saturated carbocycles. The van der Waals surface area contributed by atoms with Crippen LogP contribution >= 0.6 is 0 Å². The van der Waals surface area contributed by atoms with Gasteiger partial charge in [0.2, 0.25) is 17.7 Å². The maximum atomic E-state index is 12.5. The van der Waals surface area contributed by atoms with Gasteiger partial charge in [0, 0.05) is 20.0 Å². The first-order valence-electron chi connectivity index (χ1n) is 7.23. The maximum absolute atomic E-state index is 12.5. The van der Waals surface area contributed by atoms with Gasteiger partial charge in [0.1, 0.15) is 0 Å². The Bertz CT molecular complexity index is 406. The van der Waals surface area contributed by atoms with Crippen LogP contribution in [-0.2, 0) is 14.4 Å². The average molecular weight is 321 g/mol. The Kier molecular flexibility index (Phi) is 7.95. The Hall–Kier alpha value is -1.75. The number of hydrogen-bond acceptors (Lipinski definition) is 3. The van der Waals surface area contributed by atoms with Gasteiger partial charge in [-0.05, 0) is 0 Å². The van der Waals surface area contributed by atoms with E-state index in [1.165, 1.54) is 6.92 Å². The molecular formula is C12H31N7O3+4. The van der Waals surface area contributed by atoms with Crippen molar-refractivity contribution in [2.24, 2.45) is 16.6 Å². The molecule has 0 radical (unpaired) electrons. The van der Waals surface area contributed by atoms with Crippen LogP contribution in [0.3, 0.4) is 0 Å². The van der Waals surface area contributed by atoms with E-state index >= 15 is 0 Å². The van der Waals surface area contributed by atoms with Crippen molar-refractivity contribution in [3.8, 4) is 0 Å². The van der Waals surface area contributed by atoms with Crippen molar-refractivity contribution in [3.05, 3.63) is 0 Å². The lowest BCUT2D eigenvalue weighted by molar-refractivity contribution is -0.435. The summed E-state index contributed by atoms with van der Waals surface area (Å²) in [5.41, 5.74) is 18.5. The fourth-order valence-corrected chi connectivity index (χ4v) is 1.98. The highest BCUT2D eigenvalue weighted by Crippen LogP contribution is 2.14. The number of quaternary nitrogens is 4. The largest absolute Gasteiger partial charge is 0.369 e. The minimum absolute atomic E-state index is 0.0516. The Morgan fingerprint density at radius 2 is 1.27 bits per heavy atom. The molecule has 0 rings (SSSR count). The van der Waals surface area contributed by atoms with Crippen molar-refractivity contribution in [2.75, 3.05) is 39.3 Å². The number of rotatable bonds is 10. The lowest BCUT2D eigenvalue weighted by atomic mass is 9.84. The topological polar surface area (TPSA) is 212 Å². The molecule has 0 unspecified atom stereocenters. The number of hydrogen-bond donors (Lipinski definition) is 7. The van der Waals surface area contributed by atoms with E-state index in [9.17, 15) is 14.4 Å². The second-order valence-corrected chi connectivity index (χ2v) is 5.52. The molecule has 128 valence electrons. The molecule has 0 heterocycles. The van der Waals surface area contributed by atoms with Gasteiger partial charge in [0.25, 0.3) is 0 Å². The van der Waals surface area contributed by atoms with Crippen LogP contribution < -0.4 is 39.3 Å². The minimum Gasteiger partial charge on any atom is -0.369 e. The highest BCUT2D eigenvalue weighted by Gasteiger charge is 2.44. The summed E-state index contributed by atoms with van der Waals surface area (Å²) in [4.78, 5) is 35.2. The van der Waals surface area contributed by atoms with Crippen LogP contribution in [0.4, 0.5) is 0 Å². The number of carbonyl (C=O) groups excluding carboxylic acids is 3. The van der Waals surface area contributed by atoms with Gasteiger partial charge in [-0.3, -0.25) is 14.4 Å². The van der Waals surface area contributed by atoms with Crippen LogP contribution in [0.15, 0.2) is 0 Å². The fourth-order valence-electron chi connectivity index (χ4n) is 1.98. The van der Waals surface area contributed by atoms with Crippen LogP contribution in [0.25, 0.3) is 0 Å². The van der Waals surface area contributed by atoms with E-state index in [1.807, 2.05) is 0 Å². The molecule has 0 aliphatic carbocycles. The summed E-state index contributed by atoms with van der Waals surface area (Å²) in [7, 11) is 0. The van der Waals surface area contributed by atoms with Crippen molar-refractivity contribution in [1.82, 2.24) is 10.6 Å². The summed E-state index contributed by atoms with van der Waals surface area (Å²) in [6.45, 7) is 2.56. The van der Waals surface area contributed by atoms with E-state index in [1.54, 1.807) is 0 Å². The lowest BCUT2D eigenvalue weighted by Gasteiger charge is -2.29. The van der Waals surface area contributed by atoms with Crippen LogP contribution in [0.1, 0.15) is 6.92 Å². The molecule has 0 aromatic carbocycles. The third-order valence-corrected chi connectivity index (χ3v) is 4.18. The van der Waals surface area contributed by atoms with Gasteiger partial charge >= 0.3 is 0 Å². The van der Waals surface area contributed by atoms with Gasteiger partial charge in [-0.15, -0.1) is 0 Å². The standard InChI is InChI=1S/C12H27N7O3/c1-8(20)18-7-12(4-15,5-16)10(22)19-6-11(2-13,3-14)9(17)21/h2-7,13-16H2,1H3,(H2,17,21)(H,18,20)(H,19,22)/p+4. The molecule has 0 aromatic heterocycles. The van der Waals surface area contributed by atoms with E-state index in [0.29, 0.717) is 0 Å². The second kappa shape index (κ2) is 8.63. The summed E-state index contributed by atoms with van der Waals surface area (Å²) in [5.74, 6) is -1.10. The first-order valence-corrected chi connectivity index (χ1v) is 7.23. The molecule has 10 heteroatoms. The Morgan fingerprint density at radius 3 is 1.59 bits per heavy atom. The fraction of sp³-hybridized carbons (Fsp3) is 0.750. The molecule has 22 heavy (non-hydrogen) atoms. The molecule has 16 N–H and O–H groups in total. The van der Waals surface area contributed by atoms with Crippen molar-refractivity contribution >= 4 is 17.7 Å². The van der Waals surface area contributed by atoms with Gasteiger partial charge in [0.15, 0.2) is 10.8 Å². The summed E-state index contributed by atoms with van der Waals surface area (Å²) < 4.78 is 0. The molecule has 0 aromatic rings. The van der Waals surface area contributed by atoms with E-state index in [-0.39, 0.29) is 51.1 Å². The van der Waals surface area contributed by atoms with Gasteiger partial charge in [-0.1, -0.05) is 0 Å². The highest BCUT2D eigenvalue weighted by molar-refractivity contribution is 5.86. The van der Waals surface area contributed by atoms with Gasteiger partial charge in [0.05, 0.1) is 26.2 Å². The number of primary amides is 1. The molecule has 0 aliphatic heterocycles. The van der Waals surface area contributed by atoms with Crippen molar-refractivity contribution in [2.45, 2.75) is 6.92 Å². The monoisotopic (exact) mass is 321 g/mol. The summed E-state index contributed by atoms with van der Waals surface area (Å²) in [6, 6.07) is 0. The normalized spacial score (nSPS) is 11.9. The summed E-state index contributed by atoms with van der Waals surface area (Å²) in [5, 5.41) is 5.34. The first kappa shape index (κ1) is 20.2. The molecular weight excluding hydrogens is 290 g/mol. The van der Waals surface area contributed by atoms with Crippen molar-refractivity contribution in [1.29, 1.82) is 0 Å². The van der Waals surface area contributed by atoms with Gasteiger partial charge < -0.3 is 39.3 Å². The van der Waals surface area contributed by atoms with E-state index in [0.717, 1.165) is 0 Å². The summed E-state index contributed by atoms with van der Waals surface area (Å²) in [6.07, 6.45) is 0. The second-order valence-electron chi connectivity index (χ2n) is 5.52. The zero-order valence-electron chi connectivity index (χ0n) is 13.4. The first-order chi connectivity index (χ1) is 10.2. The molecule has 0 saturated heterocycles. The average Bonchev–Trinajstić information content (AvgIpc) is 2.49. The number of carbonyl (C=O) groups is 3. The van der Waals surface area contributed by atoms with E-state index in [2.05, 4.69) is 33.6 Å². The number of nitrogens with two attached hydrogens (primary N) is 1. The highest BCUT2D eigenvalue weighted by atomic mass is 16.2. The third kappa shape index (κ3) is 4.63. The SMILES string of the molecule is CC(=O)NCC(C[NH3+])(C[NH3+])C(=O)NCC(C[NH3+])(C[NH3+])C(N)=O. The quantitative estimate of drug-likeness (QED) is 0.209. The smallest absolute Gasteiger partial charge is 0.239 e. The Labute approximate surface area is 129 Å². The van der Waals surface area contributed by atoms with Crippen LogP contribution in [0.2, 0.25) is 0 Å². The minimum atomic E-state index is -0.974. The van der Waals surface area contributed by atoms with Crippen molar-refractivity contribution in [3.63, 3.8) is 0 Å². The zero-order valence-corrected chi connectivity index (χ0v) is 13.4. The van der Waals surface area contributed by atoms with Crippen molar-refractivity contribution < 1.29 is 37.3 Å². The zero-order chi connectivity index (χ0) is 17.4. The van der Waals surface area contributed by atoms with E-state index < -0.39 is 16.7 Å². The van der Waals surface area contributed by atoms with Gasteiger partial charge in [-0.2, -0.15) is 0 Å². The number of nitrogens with one attached hydrogen (secondary N) is 2. The molecule has 0 spiro atoms. The van der Waals surface area contributed by atoms with Crippen LogP contribution in [-0.4, -0.2) is 57.0 Å². The van der Waals surface area contributed by atoms with E-state index in [4.69, 9.17) is 5.73 Å². The lowest BCUT2D eigenvalue weighted by Crippen LogP contribution is -2.76.